The number of benzene rings is 1. The summed E-state index contributed by atoms with van der Waals surface area (Å²) in [6.07, 6.45) is -0.992. The van der Waals surface area contributed by atoms with Gasteiger partial charge in [-0.3, -0.25) is 4.84 Å². The molecule has 0 aliphatic rings. The summed E-state index contributed by atoms with van der Waals surface area (Å²) >= 11 is 0. The maximum absolute atomic E-state index is 10.2. The van der Waals surface area contributed by atoms with E-state index in [1.807, 2.05) is 0 Å². The van der Waals surface area contributed by atoms with E-state index in [-0.39, 0.29) is 0 Å². The second-order valence-corrected chi connectivity index (χ2v) is 3.55. The number of nitrogens with zero attached hydrogens (tertiary/aromatic N) is 1. The minimum atomic E-state index is -0.992. The summed E-state index contributed by atoms with van der Waals surface area (Å²) in [5, 5.41) is 11.4. The maximum atomic E-state index is 10.2. The Hall–Kier alpha value is -1.50. The van der Waals surface area contributed by atoms with Gasteiger partial charge in [0.2, 0.25) is 0 Å². The average molecular weight is 257 g/mol. The molecule has 0 aliphatic heterocycles. The Morgan fingerprint density at radius 2 is 1.72 bits per heavy atom. The standard InChI is InChI=1S/C12H19NO5/c1-13(18-5)12(14)9-6-8(15-2)7-10(16-3)11(9)17-4/h6-7,12,14H,1-5H3. The van der Waals surface area contributed by atoms with E-state index >= 15 is 0 Å². The van der Waals surface area contributed by atoms with Gasteiger partial charge < -0.3 is 19.3 Å². The van der Waals surface area contributed by atoms with Gasteiger partial charge in [0.15, 0.2) is 17.7 Å². The fourth-order valence-corrected chi connectivity index (χ4v) is 1.57. The van der Waals surface area contributed by atoms with Gasteiger partial charge in [-0.15, -0.1) is 0 Å². The predicted molar refractivity (Wildman–Crippen MR) is 65.8 cm³/mol. The molecule has 1 aromatic rings. The Bertz CT molecular complexity index is 396. The zero-order valence-corrected chi connectivity index (χ0v) is 11.3. The molecule has 1 N–H and O–H groups in total. The molecule has 1 atom stereocenters. The number of ether oxygens (including phenoxy) is 3. The van der Waals surface area contributed by atoms with Gasteiger partial charge >= 0.3 is 0 Å². The van der Waals surface area contributed by atoms with E-state index < -0.39 is 6.23 Å². The van der Waals surface area contributed by atoms with Crippen molar-refractivity contribution in [3.05, 3.63) is 17.7 Å². The monoisotopic (exact) mass is 257 g/mol. The first-order valence-corrected chi connectivity index (χ1v) is 5.33. The lowest BCUT2D eigenvalue weighted by molar-refractivity contribution is -0.206. The van der Waals surface area contributed by atoms with Crippen LogP contribution in [0.2, 0.25) is 0 Å². The van der Waals surface area contributed by atoms with Gasteiger partial charge in [0.05, 0.1) is 28.4 Å². The lowest BCUT2D eigenvalue weighted by Gasteiger charge is -2.24. The largest absolute Gasteiger partial charge is 0.497 e. The van der Waals surface area contributed by atoms with Gasteiger partial charge in [0.1, 0.15) is 5.75 Å². The Balaban J connectivity index is 3.30. The molecule has 0 saturated carbocycles. The van der Waals surface area contributed by atoms with Crippen molar-refractivity contribution in [2.24, 2.45) is 0 Å². The molecule has 0 bridgehead atoms. The van der Waals surface area contributed by atoms with E-state index in [0.29, 0.717) is 22.8 Å². The summed E-state index contributed by atoms with van der Waals surface area (Å²) in [5.74, 6) is 1.48. The molecule has 0 radical (unpaired) electrons. The van der Waals surface area contributed by atoms with E-state index in [9.17, 15) is 5.11 Å². The van der Waals surface area contributed by atoms with Crippen molar-refractivity contribution < 1.29 is 24.2 Å². The summed E-state index contributed by atoms with van der Waals surface area (Å²) in [6, 6.07) is 3.35. The van der Waals surface area contributed by atoms with Crippen molar-refractivity contribution in [2.45, 2.75) is 6.23 Å². The first kappa shape index (κ1) is 14.6. The van der Waals surface area contributed by atoms with E-state index in [1.165, 1.54) is 33.5 Å². The molecule has 0 fully saturated rings. The van der Waals surface area contributed by atoms with Crippen LogP contribution in [0.4, 0.5) is 0 Å². The fraction of sp³-hybridized carbons (Fsp3) is 0.500. The zero-order valence-electron chi connectivity index (χ0n) is 11.3. The van der Waals surface area contributed by atoms with Gasteiger partial charge in [-0.05, 0) is 6.07 Å². The molecule has 6 heteroatoms. The normalized spacial score (nSPS) is 12.4. The van der Waals surface area contributed by atoms with Crippen LogP contribution in [-0.4, -0.2) is 45.7 Å². The van der Waals surface area contributed by atoms with E-state index in [1.54, 1.807) is 19.2 Å². The van der Waals surface area contributed by atoms with Crippen LogP contribution in [0.5, 0.6) is 17.2 Å². The van der Waals surface area contributed by atoms with Crippen LogP contribution in [0.1, 0.15) is 11.8 Å². The molecular formula is C12H19NO5. The van der Waals surface area contributed by atoms with Crippen molar-refractivity contribution >= 4 is 0 Å². The van der Waals surface area contributed by atoms with E-state index in [2.05, 4.69) is 0 Å². The number of hydroxylamine groups is 2. The van der Waals surface area contributed by atoms with Gasteiger partial charge in [0.25, 0.3) is 0 Å². The summed E-state index contributed by atoms with van der Waals surface area (Å²) in [6.45, 7) is 0. The third-order valence-corrected chi connectivity index (χ3v) is 2.63. The number of rotatable bonds is 6. The highest BCUT2D eigenvalue weighted by molar-refractivity contribution is 5.52. The quantitative estimate of drug-likeness (QED) is 0.610. The molecule has 18 heavy (non-hydrogen) atoms. The average Bonchev–Trinajstić information content (AvgIpc) is 2.43. The van der Waals surface area contributed by atoms with Gasteiger partial charge in [-0.25, -0.2) is 0 Å². The molecule has 0 spiro atoms. The maximum Gasteiger partial charge on any atom is 0.168 e. The van der Waals surface area contributed by atoms with Crippen LogP contribution < -0.4 is 14.2 Å². The highest BCUT2D eigenvalue weighted by Crippen LogP contribution is 2.39. The van der Waals surface area contributed by atoms with Gasteiger partial charge in [-0.1, -0.05) is 0 Å². The Morgan fingerprint density at radius 3 is 2.17 bits per heavy atom. The number of hydrogen-bond donors (Lipinski definition) is 1. The Kier molecular flexibility index (Phi) is 5.21. The Morgan fingerprint density at radius 1 is 1.06 bits per heavy atom. The van der Waals surface area contributed by atoms with Crippen LogP contribution in [-0.2, 0) is 4.84 Å². The minimum absolute atomic E-state index is 0.440. The van der Waals surface area contributed by atoms with Gasteiger partial charge in [0, 0.05) is 18.7 Å². The first-order chi connectivity index (χ1) is 8.58. The van der Waals surface area contributed by atoms with E-state index in [0.717, 1.165) is 0 Å². The fourth-order valence-electron chi connectivity index (χ4n) is 1.57. The molecule has 0 heterocycles. The van der Waals surface area contributed by atoms with Crippen molar-refractivity contribution in [2.75, 3.05) is 35.5 Å². The molecule has 0 aliphatic carbocycles. The SMILES string of the molecule is COc1cc(OC)c(OC)c(C(O)N(C)OC)c1. The van der Waals surface area contributed by atoms with Crippen LogP contribution in [0.25, 0.3) is 0 Å². The molecule has 0 saturated heterocycles. The lowest BCUT2D eigenvalue weighted by Crippen LogP contribution is -2.23. The van der Waals surface area contributed by atoms with Crippen LogP contribution in [0.15, 0.2) is 12.1 Å². The molecule has 0 aromatic heterocycles. The number of aliphatic hydroxyl groups excluding tert-OH is 1. The highest BCUT2D eigenvalue weighted by atomic mass is 16.7. The van der Waals surface area contributed by atoms with Crippen molar-refractivity contribution in [3.8, 4) is 17.2 Å². The number of methoxy groups -OCH3 is 3. The van der Waals surface area contributed by atoms with Crippen LogP contribution in [0, 0.1) is 0 Å². The predicted octanol–water partition coefficient (Wildman–Crippen LogP) is 1.20. The molecule has 102 valence electrons. The second-order valence-electron chi connectivity index (χ2n) is 3.55. The van der Waals surface area contributed by atoms with Crippen molar-refractivity contribution in [3.63, 3.8) is 0 Å². The summed E-state index contributed by atoms with van der Waals surface area (Å²) in [5.41, 5.74) is 0.498. The topological polar surface area (TPSA) is 60.4 Å². The number of hydrogen-bond acceptors (Lipinski definition) is 6. The molecule has 0 amide bonds. The smallest absolute Gasteiger partial charge is 0.168 e. The summed E-state index contributed by atoms with van der Waals surface area (Å²) in [7, 11) is 7.64. The Labute approximate surface area is 107 Å². The molecular weight excluding hydrogens is 238 g/mol. The molecule has 1 unspecified atom stereocenters. The third kappa shape index (κ3) is 2.84. The molecule has 1 aromatic carbocycles. The first-order valence-electron chi connectivity index (χ1n) is 5.33. The van der Waals surface area contributed by atoms with Gasteiger partial charge in [-0.2, -0.15) is 5.06 Å². The minimum Gasteiger partial charge on any atom is -0.497 e. The summed E-state index contributed by atoms with van der Waals surface area (Å²) in [4.78, 5) is 4.96. The van der Waals surface area contributed by atoms with Crippen LogP contribution >= 0.6 is 0 Å². The lowest BCUT2D eigenvalue weighted by atomic mass is 10.1. The number of aliphatic hydroxyl groups is 1. The van der Waals surface area contributed by atoms with Crippen molar-refractivity contribution in [1.29, 1.82) is 0 Å². The highest BCUT2D eigenvalue weighted by Gasteiger charge is 2.22. The molecule has 1 rings (SSSR count). The van der Waals surface area contributed by atoms with Crippen LogP contribution in [0.3, 0.4) is 0 Å². The molecule has 6 nitrogen and oxygen atoms in total. The van der Waals surface area contributed by atoms with E-state index in [4.69, 9.17) is 19.0 Å². The third-order valence-electron chi connectivity index (χ3n) is 2.63. The van der Waals surface area contributed by atoms with Crippen molar-refractivity contribution in [1.82, 2.24) is 5.06 Å². The zero-order chi connectivity index (χ0) is 13.7. The second kappa shape index (κ2) is 6.44. The summed E-state index contributed by atoms with van der Waals surface area (Å²) < 4.78 is 15.6.